The molecule has 0 spiro atoms. The average molecular weight is 386 g/mol. The summed E-state index contributed by atoms with van der Waals surface area (Å²) in [6.07, 6.45) is 6.11. The summed E-state index contributed by atoms with van der Waals surface area (Å²) in [6.45, 7) is 2.00. The number of hydrogen-bond acceptors (Lipinski definition) is 9. The molecule has 1 unspecified atom stereocenters. The minimum Gasteiger partial charge on any atom is -0.268 e. The molecular weight excluding hydrogens is 370 g/mol. The van der Waals surface area contributed by atoms with Crippen molar-refractivity contribution < 1.29 is 4.79 Å². The fourth-order valence-corrected chi connectivity index (χ4v) is 4.98. The van der Waals surface area contributed by atoms with Gasteiger partial charge in [-0.2, -0.15) is 8.25 Å². The van der Waals surface area contributed by atoms with Gasteiger partial charge in [-0.3, -0.25) is 10.2 Å². The van der Waals surface area contributed by atoms with Crippen LogP contribution in [0.25, 0.3) is 0 Å². The molecule has 0 radical (unpaired) electrons. The van der Waals surface area contributed by atoms with E-state index < -0.39 is 0 Å². The molecule has 3 rings (SSSR count). The van der Waals surface area contributed by atoms with Crippen LogP contribution in [0, 0.1) is 6.92 Å². The van der Waals surface area contributed by atoms with E-state index in [1.54, 1.807) is 3.82 Å². The highest BCUT2D eigenvalue weighted by molar-refractivity contribution is 8.21. The minimum atomic E-state index is -0.146. The molecule has 0 bridgehead atoms. The van der Waals surface area contributed by atoms with Crippen LogP contribution in [0.2, 0.25) is 0 Å². The first-order chi connectivity index (χ1) is 11.2. The number of nitrogens with zero attached hydrogens (tertiary/aromatic N) is 1. The van der Waals surface area contributed by atoms with E-state index in [1.807, 2.05) is 43.3 Å². The number of aryl methyl sites for hydroxylation is 1. The zero-order valence-corrected chi connectivity index (χ0v) is 15.4. The first-order valence-corrected chi connectivity index (χ1v) is 9.88. The topological polar surface area (TPSA) is 68.4 Å². The summed E-state index contributed by atoms with van der Waals surface area (Å²) in [5.74, 6) is -0.146. The van der Waals surface area contributed by atoms with Crippen LogP contribution in [0.3, 0.4) is 0 Å². The van der Waals surface area contributed by atoms with Crippen molar-refractivity contribution in [3.63, 3.8) is 0 Å². The van der Waals surface area contributed by atoms with Gasteiger partial charge < -0.3 is 0 Å². The van der Waals surface area contributed by atoms with Gasteiger partial charge in [-0.05, 0) is 37.1 Å². The molecule has 122 valence electrons. The molecule has 10 heteroatoms. The molecule has 1 aliphatic heterocycles. The zero-order chi connectivity index (χ0) is 16.1. The molecule has 1 aromatic carbocycles. The van der Waals surface area contributed by atoms with Crippen molar-refractivity contribution in [2.45, 2.75) is 13.0 Å². The lowest BCUT2D eigenvalue weighted by molar-refractivity contribution is 0.0923. The number of benzene rings is 1. The highest BCUT2D eigenvalue weighted by Crippen LogP contribution is 2.32. The van der Waals surface area contributed by atoms with E-state index in [0.29, 0.717) is 5.56 Å². The van der Waals surface area contributed by atoms with Gasteiger partial charge in [0.1, 0.15) is 0 Å². The molecular formula is C13H15N5OS4. The van der Waals surface area contributed by atoms with Gasteiger partial charge in [0.2, 0.25) is 0 Å². The second-order valence-corrected chi connectivity index (χ2v) is 8.44. The average Bonchev–Trinajstić information content (AvgIpc) is 2.99. The second-order valence-electron chi connectivity index (χ2n) is 4.67. The predicted molar refractivity (Wildman–Crippen MR) is 101 cm³/mol. The van der Waals surface area contributed by atoms with Crippen LogP contribution < -0.4 is 18.4 Å². The lowest BCUT2D eigenvalue weighted by atomic mass is 10.1. The molecule has 1 aliphatic carbocycles. The van der Waals surface area contributed by atoms with E-state index in [2.05, 4.69) is 24.5 Å². The van der Waals surface area contributed by atoms with Gasteiger partial charge >= 0.3 is 0 Å². The maximum atomic E-state index is 12.4. The number of amides is 1. The molecule has 1 fully saturated rings. The lowest BCUT2D eigenvalue weighted by Crippen LogP contribution is -2.36. The van der Waals surface area contributed by atoms with Crippen molar-refractivity contribution in [2.24, 2.45) is 0 Å². The Morgan fingerprint density at radius 2 is 2.04 bits per heavy atom. The van der Waals surface area contributed by atoms with Gasteiger partial charge in [0.15, 0.2) is 0 Å². The Bertz CT molecular complexity index is 621. The third-order valence-electron chi connectivity index (χ3n) is 3.00. The van der Waals surface area contributed by atoms with Crippen LogP contribution in [0.4, 0.5) is 0 Å². The first-order valence-electron chi connectivity index (χ1n) is 6.71. The van der Waals surface area contributed by atoms with Gasteiger partial charge in [-0.1, -0.05) is 33.7 Å². The third kappa shape index (κ3) is 4.94. The molecule has 0 aromatic heterocycles. The van der Waals surface area contributed by atoms with Crippen LogP contribution in [-0.4, -0.2) is 15.8 Å². The maximum Gasteiger partial charge on any atom is 0.267 e. The van der Waals surface area contributed by atoms with Crippen LogP contribution in [0.5, 0.6) is 0 Å². The van der Waals surface area contributed by atoms with E-state index in [0.717, 1.165) is 10.5 Å². The number of rotatable bonds is 2. The monoisotopic (exact) mass is 385 g/mol. The zero-order valence-electron chi connectivity index (χ0n) is 12.1. The van der Waals surface area contributed by atoms with Gasteiger partial charge in [-0.25, -0.2) is 4.72 Å². The maximum absolute atomic E-state index is 12.4. The highest BCUT2D eigenvalue weighted by Gasteiger charge is 2.22. The molecule has 1 amide bonds. The van der Waals surface area contributed by atoms with Crippen molar-refractivity contribution in [3.8, 4) is 0 Å². The number of hydrazine groups is 1. The normalized spacial score (nSPS) is 22.3. The number of nitrogens with one attached hydrogen (secondary N) is 4. The summed E-state index contributed by atoms with van der Waals surface area (Å²) in [5.41, 5.74) is 4.65. The van der Waals surface area contributed by atoms with Gasteiger partial charge in [-0.15, -0.1) is 0 Å². The van der Waals surface area contributed by atoms with E-state index in [-0.39, 0.29) is 11.9 Å². The van der Waals surface area contributed by atoms with Crippen molar-refractivity contribution in [1.82, 2.24) is 22.2 Å². The molecule has 1 atom stereocenters. The second kappa shape index (κ2) is 8.49. The summed E-state index contributed by atoms with van der Waals surface area (Å²) >= 11 is 5.51. The molecule has 0 saturated carbocycles. The van der Waals surface area contributed by atoms with Crippen molar-refractivity contribution in [2.75, 3.05) is 0 Å². The quantitative estimate of drug-likeness (QED) is 0.575. The molecule has 2 aliphatic rings. The minimum absolute atomic E-state index is 0.121. The van der Waals surface area contributed by atoms with Gasteiger partial charge in [0, 0.05) is 34.7 Å². The Hall–Kier alpha value is -0.590. The van der Waals surface area contributed by atoms with Crippen LogP contribution in [0.15, 0.2) is 47.4 Å². The standard InChI is InChI=1S/C13H15N5OS4/c1-9-5-7-10(8-6-9)13(19)14-18-20-12-4-2-3-11(12)15-21-16-22-17-23-18/h2-8,11,15-17H,1H3,(H,14,19). The third-order valence-corrected chi connectivity index (χ3v) is 6.23. The van der Waals surface area contributed by atoms with E-state index in [9.17, 15) is 4.79 Å². The van der Waals surface area contributed by atoms with Crippen molar-refractivity contribution in [3.05, 3.63) is 58.5 Å². The number of hydrogen-bond donors (Lipinski definition) is 4. The molecule has 1 aromatic rings. The number of carbonyl (C=O) groups is 1. The van der Waals surface area contributed by atoms with Crippen LogP contribution in [0.1, 0.15) is 15.9 Å². The molecule has 4 N–H and O–H groups in total. The fourth-order valence-electron chi connectivity index (χ4n) is 1.83. The van der Waals surface area contributed by atoms with Crippen LogP contribution in [-0.2, 0) is 0 Å². The Labute approximate surface area is 152 Å². The summed E-state index contributed by atoms with van der Waals surface area (Å²) in [4.78, 5) is 13.5. The van der Waals surface area contributed by atoms with Crippen molar-refractivity contribution >= 4 is 54.3 Å². The SMILES string of the molecule is Cc1ccc(C(=O)NN2SNSNSNC3C=CC=C3S2)cc1. The number of fused-ring (bicyclic) bond motifs is 1. The number of carbonyl (C=O) groups excluding carboxylic acids is 1. The van der Waals surface area contributed by atoms with Gasteiger partial charge in [0.05, 0.1) is 18.2 Å². The Kier molecular flexibility index (Phi) is 6.36. The Balaban J connectivity index is 1.66. The molecule has 1 saturated heterocycles. The first kappa shape index (κ1) is 17.2. The lowest BCUT2D eigenvalue weighted by Gasteiger charge is -2.24. The summed E-state index contributed by atoms with van der Waals surface area (Å²) in [7, 11) is 0. The van der Waals surface area contributed by atoms with Crippen molar-refractivity contribution in [1.29, 1.82) is 0 Å². The highest BCUT2D eigenvalue weighted by atomic mass is 32.3. The number of allylic oxidation sites excluding steroid dienone is 2. The Morgan fingerprint density at radius 3 is 2.87 bits per heavy atom. The van der Waals surface area contributed by atoms with Gasteiger partial charge in [0.25, 0.3) is 5.91 Å². The summed E-state index contributed by atoms with van der Waals surface area (Å²) < 4.78 is 11.1. The van der Waals surface area contributed by atoms with E-state index in [1.165, 1.54) is 48.3 Å². The summed E-state index contributed by atoms with van der Waals surface area (Å²) in [6, 6.07) is 7.62. The molecule has 1 heterocycles. The largest absolute Gasteiger partial charge is 0.268 e. The summed E-state index contributed by atoms with van der Waals surface area (Å²) in [5, 5.41) is 0. The van der Waals surface area contributed by atoms with Crippen LogP contribution >= 0.6 is 48.3 Å². The van der Waals surface area contributed by atoms with E-state index in [4.69, 9.17) is 0 Å². The molecule has 23 heavy (non-hydrogen) atoms. The van der Waals surface area contributed by atoms with E-state index >= 15 is 0 Å². The molecule has 6 nitrogen and oxygen atoms in total. The fraction of sp³-hybridized carbons (Fsp3) is 0.154. The predicted octanol–water partition coefficient (Wildman–Crippen LogP) is 2.88. The smallest absolute Gasteiger partial charge is 0.267 e. The Morgan fingerprint density at radius 1 is 1.22 bits per heavy atom.